The Labute approximate surface area is 220 Å². The van der Waals surface area contributed by atoms with Gasteiger partial charge in [-0.2, -0.15) is 0 Å². The zero-order chi connectivity index (χ0) is 25.6. The third kappa shape index (κ3) is 3.97. The molecule has 5 aromatic rings. The van der Waals surface area contributed by atoms with Crippen LogP contribution in [-0.4, -0.2) is 0 Å². The van der Waals surface area contributed by atoms with E-state index in [-0.39, 0.29) is 5.41 Å². The average Bonchev–Trinajstić information content (AvgIpc) is 3.16. The molecule has 0 fully saturated rings. The van der Waals surface area contributed by atoms with Gasteiger partial charge in [-0.1, -0.05) is 111 Å². The molecule has 6 rings (SSSR count). The minimum atomic E-state index is -0.0470. The molecule has 1 aliphatic carbocycles. The summed E-state index contributed by atoms with van der Waals surface area (Å²) < 4.78 is 0. The monoisotopic (exact) mass is 477 g/mol. The van der Waals surface area contributed by atoms with Gasteiger partial charge in [-0.3, -0.25) is 0 Å². The summed E-state index contributed by atoms with van der Waals surface area (Å²) in [7, 11) is 0. The number of hydrogen-bond acceptors (Lipinski definition) is 1. The van der Waals surface area contributed by atoms with Crippen LogP contribution in [0.5, 0.6) is 0 Å². The second-order valence-corrected chi connectivity index (χ2v) is 10.5. The Hall–Kier alpha value is -4.36. The molecule has 0 amide bonds. The third-order valence-corrected chi connectivity index (χ3v) is 7.68. The van der Waals surface area contributed by atoms with Crippen molar-refractivity contribution in [3.05, 3.63) is 145 Å². The number of rotatable bonds is 5. The number of anilines is 3. The molecule has 0 saturated heterocycles. The predicted molar refractivity (Wildman–Crippen MR) is 159 cm³/mol. The molecule has 1 aliphatic rings. The van der Waals surface area contributed by atoms with E-state index in [4.69, 9.17) is 0 Å². The lowest BCUT2D eigenvalue weighted by Gasteiger charge is -2.28. The average molecular weight is 478 g/mol. The predicted octanol–water partition coefficient (Wildman–Crippen LogP) is 10.2. The number of hydrogen-bond donors (Lipinski definition) is 0. The van der Waals surface area contributed by atoms with Gasteiger partial charge >= 0.3 is 0 Å². The van der Waals surface area contributed by atoms with Crippen LogP contribution in [0.15, 0.2) is 128 Å². The van der Waals surface area contributed by atoms with Crippen LogP contribution in [0.3, 0.4) is 0 Å². The highest BCUT2D eigenvalue weighted by molar-refractivity contribution is 5.86. The lowest BCUT2D eigenvalue weighted by atomic mass is 9.82. The highest BCUT2D eigenvalue weighted by Crippen LogP contribution is 2.50. The molecule has 180 valence electrons. The Kier molecular flexibility index (Phi) is 5.57. The van der Waals surface area contributed by atoms with Crippen molar-refractivity contribution in [3.8, 4) is 22.3 Å². The van der Waals surface area contributed by atoms with Gasteiger partial charge in [0, 0.05) is 22.5 Å². The zero-order valence-electron chi connectivity index (χ0n) is 21.7. The van der Waals surface area contributed by atoms with Gasteiger partial charge in [-0.15, -0.1) is 0 Å². The molecular weight excluding hydrogens is 446 g/mol. The first kappa shape index (κ1) is 23.1. The fraction of sp³-hybridized carbons (Fsp3) is 0.111. The van der Waals surface area contributed by atoms with E-state index in [0.29, 0.717) is 0 Å². The van der Waals surface area contributed by atoms with Crippen molar-refractivity contribution >= 4 is 22.6 Å². The number of nitrogens with zero attached hydrogens (tertiary/aromatic N) is 1. The lowest BCUT2D eigenvalue weighted by molar-refractivity contribution is 0.660. The molecule has 0 aliphatic heterocycles. The summed E-state index contributed by atoms with van der Waals surface area (Å²) in [4.78, 5) is 2.36. The van der Waals surface area contributed by atoms with Crippen molar-refractivity contribution in [3.63, 3.8) is 0 Å². The van der Waals surface area contributed by atoms with E-state index >= 15 is 0 Å². The molecule has 37 heavy (non-hydrogen) atoms. The Bertz CT molecular complexity index is 1590. The van der Waals surface area contributed by atoms with E-state index in [1.165, 1.54) is 33.4 Å². The van der Waals surface area contributed by atoms with E-state index in [0.717, 1.165) is 28.2 Å². The van der Waals surface area contributed by atoms with Gasteiger partial charge in [0.1, 0.15) is 0 Å². The molecule has 0 heterocycles. The maximum Gasteiger partial charge on any atom is 0.0465 e. The second-order valence-electron chi connectivity index (χ2n) is 10.5. The van der Waals surface area contributed by atoms with E-state index in [9.17, 15) is 0 Å². The molecule has 0 N–H and O–H groups in total. The van der Waals surface area contributed by atoms with E-state index in [2.05, 4.69) is 154 Å². The number of allylic oxidation sites excluding steroid dienone is 1. The van der Waals surface area contributed by atoms with Gasteiger partial charge in [0.05, 0.1) is 0 Å². The first-order valence-corrected chi connectivity index (χ1v) is 12.9. The Morgan fingerprint density at radius 3 is 1.78 bits per heavy atom. The fourth-order valence-corrected chi connectivity index (χ4v) is 5.61. The van der Waals surface area contributed by atoms with Gasteiger partial charge in [-0.25, -0.2) is 0 Å². The van der Waals surface area contributed by atoms with Crippen molar-refractivity contribution < 1.29 is 0 Å². The van der Waals surface area contributed by atoms with Gasteiger partial charge in [0.15, 0.2) is 0 Å². The maximum absolute atomic E-state index is 4.12. The Morgan fingerprint density at radius 2 is 1.11 bits per heavy atom. The van der Waals surface area contributed by atoms with Crippen molar-refractivity contribution in [2.45, 2.75) is 26.2 Å². The quantitative estimate of drug-likeness (QED) is 0.243. The van der Waals surface area contributed by atoms with E-state index in [1.807, 2.05) is 0 Å². The molecule has 0 bridgehead atoms. The molecule has 0 unspecified atom stereocenters. The van der Waals surface area contributed by atoms with Crippen LogP contribution in [0.25, 0.3) is 27.8 Å². The molecule has 0 radical (unpaired) electrons. The number of fused-ring (bicyclic) bond motifs is 3. The molecule has 0 aromatic heterocycles. The van der Waals surface area contributed by atoms with E-state index in [1.54, 1.807) is 0 Å². The molecule has 5 aromatic carbocycles. The topological polar surface area (TPSA) is 3.24 Å². The minimum absolute atomic E-state index is 0.0470. The standard InChI is InChI=1S/C36H31N/c1-25(2)26-14-18-29(19-15-26)37(30-20-16-28(17-21-30)27-10-6-5-7-11-27)31-22-23-33-32-12-8-9-13-34(32)36(3,4)35(33)24-31/h5-24H,1H2,2-4H3. The molecular formula is C36H31N. The van der Waals surface area contributed by atoms with Crippen molar-refractivity contribution in [1.29, 1.82) is 0 Å². The van der Waals surface area contributed by atoms with Gasteiger partial charge < -0.3 is 4.90 Å². The lowest BCUT2D eigenvalue weighted by Crippen LogP contribution is -2.16. The van der Waals surface area contributed by atoms with Gasteiger partial charge in [-0.05, 0) is 82.3 Å². The van der Waals surface area contributed by atoms with Crippen molar-refractivity contribution in [2.24, 2.45) is 0 Å². The zero-order valence-corrected chi connectivity index (χ0v) is 21.7. The normalized spacial score (nSPS) is 13.1. The van der Waals surface area contributed by atoms with Crippen molar-refractivity contribution in [2.75, 3.05) is 4.90 Å². The fourth-order valence-electron chi connectivity index (χ4n) is 5.61. The van der Waals surface area contributed by atoms with E-state index < -0.39 is 0 Å². The summed E-state index contributed by atoms with van der Waals surface area (Å²) in [6, 6.07) is 43.9. The molecule has 1 heteroatoms. The summed E-state index contributed by atoms with van der Waals surface area (Å²) in [6.07, 6.45) is 0. The Balaban J connectivity index is 1.48. The summed E-state index contributed by atoms with van der Waals surface area (Å²) in [6.45, 7) is 10.8. The molecule has 0 atom stereocenters. The largest absolute Gasteiger partial charge is 0.310 e. The molecule has 0 saturated carbocycles. The van der Waals surface area contributed by atoms with Crippen LogP contribution >= 0.6 is 0 Å². The highest BCUT2D eigenvalue weighted by Gasteiger charge is 2.35. The van der Waals surface area contributed by atoms with Gasteiger partial charge in [0.25, 0.3) is 0 Å². The van der Waals surface area contributed by atoms with Crippen molar-refractivity contribution in [1.82, 2.24) is 0 Å². The smallest absolute Gasteiger partial charge is 0.0465 e. The molecule has 1 nitrogen and oxygen atoms in total. The van der Waals surface area contributed by atoms with Gasteiger partial charge in [0.2, 0.25) is 0 Å². The van der Waals surface area contributed by atoms with Crippen LogP contribution < -0.4 is 4.90 Å². The van der Waals surface area contributed by atoms with Crippen LogP contribution in [0, 0.1) is 0 Å². The first-order valence-electron chi connectivity index (χ1n) is 12.9. The van der Waals surface area contributed by atoms with Crippen LogP contribution in [0.1, 0.15) is 37.5 Å². The van der Waals surface area contributed by atoms with Crippen LogP contribution in [0.2, 0.25) is 0 Å². The Morgan fingerprint density at radius 1 is 0.568 bits per heavy atom. The number of benzene rings is 5. The summed E-state index contributed by atoms with van der Waals surface area (Å²) in [5.41, 5.74) is 13.5. The first-order chi connectivity index (χ1) is 17.9. The summed E-state index contributed by atoms with van der Waals surface area (Å²) >= 11 is 0. The summed E-state index contributed by atoms with van der Waals surface area (Å²) in [5, 5.41) is 0. The van der Waals surface area contributed by atoms with Crippen LogP contribution in [0.4, 0.5) is 17.1 Å². The second kappa shape index (κ2) is 8.94. The maximum atomic E-state index is 4.12. The third-order valence-electron chi connectivity index (χ3n) is 7.68. The molecule has 0 spiro atoms. The van der Waals surface area contributed by atoms with Crippen LogP contribution in [-0.2, 0) is 5.41 Å². The SMILES string of the molecule is C=C(C)c1ccc(N(c2ccc(-c3ccccc3)cc2)c2ccc3c(c2)C(C)(C)c2ccccc2-3)cc1. The highest BCUT2D eigenvalue weighted by atomic mass is 15.1. The summed E-state index contributed by atoms with van der Waals surface area (Å²) in [5.74, 6) is 0. The minimum Gasteiger partial charge on any atom is -0.310 e.